The van der Waals surface area contributed by atoms with E-state index < -0.39 is 12.0 Å². The Morgan fingerprint density at radius 1 is 0.957 bits per heavy atom. The van der Waals surface area contributed by atoms with Gasteiger partial charge in [0.05, 0.1) is 16.7 Å². The Kier molecular flexibility index (Phi) is 9.98. The summed E-state index contributed by atoms with van der Waals surface area (Å²) in [6.45, 7) is 2.54. The van der Waals surface area contributed by atoms with E-state index in [9.17, 15) is 15.2 Å². The van der Waals surface area contributed by atoms with E-state index in [1.807, 2.05) is 53.4 Å². The van der Waals surface area contributed by atoms with Crippen molar-refractivity contribution in [2.24, 2.45) is 0 Å². The predicted molar refractivity (Wildman–Crippen MR) is 178 cm³/mol. The molecule has 236 valence electrons. The molecule has 1 unspecified atom stereocenters. The first-order valence-corrected chi connectivity index (χ1v) is 16.3. The molecule has 1 atom stereocenters. The molecule has 0 aromatic heterocycles. The predicted octanol–water partition coefficient (Wildman–Crippen LogP) is 8.01. The number of carboxylic acids is 1. The second-order valence-electron chi connectivity index (χ2n) is 11.2. The third-order valence-corrected chi connectivity index (χ3v) is 9.38. The SMILES string of the molecule is N#Cc1cccc(COc2cc(OCc3cccc(-c4ccc5c(c4)OCCO5)c3Br)c(Cl)cc2CN2CCCCC2C(=O)O)c1. The van der Waals surface area contributed by atoms with E-state index in [1.54, 1.807) is 24.3 Å². The van der Waals surface area contributed by atoms with Crippen molar-refractivity contribution in [3.05, 3.63) is 105 Å². The van der Waals surface area contributed by atoms with E-state index in [4.69, 9.17) is 30.5 Å². The van der Waals surface area contributed by atoms with Crippen LogP contribution in [0.1, 0.15) is 41.5 Å². The van der Waals surface area contributed by atoms with Gasteiger partial charge in [-0.3, -0.25) is 9.69 Å². The molecule has 8 nitrogen and oxygen atoms in total. The monoisotopic (exact) mass is 702 g/mol. The topological polar surface area (TPSA) is 101 Å². The van der Waals surface area contributed by atoms with Gasteiger partial charge >= 0.3 is 5.97 Å². The van der Waals surface area contributed by atoms with Crippen molar-refractivity contribution in [2.45, 2.75) is 45.1 Å². The molecule has 2 aliphatic heterocycles. The van der Waals surface area contributed by atoms with E-state index in [2.05, 4.69) is 22.0 Å². The Morgan fingerprint density at radius 2 is 1.76 bits per heavy atom. The lowest BCUT2D eigenvalue weighted by Gasteiger charge is -2.33. The van der Waals surface area contributed by atoms with E-state index >= 15 is 0 Å². The zero-order valence-corrected chi connectivity index (χ0v) is 27.4. The van der Waals surface area contributed by atoms with Gasteiger partial charge < -0.3 is 24.1 Å². The van der Waals surface area contributed by atoms with Crippen molar-refractivity contribution in [3.63, 3.8) is 0 Å². The molecule has 0 spiro atoms. The number of benzene rings is 4. The number of rotatable bonds is 10. The average Bonchev–Trinajstić information content (AvgIpc) is 3.08. The van der Waals surface area contributed by atoms with Crippen LogP contribution in [0.5, 0.6) is 23.0 Å². The Hall–Kier alpha value is -4.23. The molecule has 10 heteroatoms. The van der Waals surface area contributed by atoms with Crippen LogP contribution in [0.25, 0.3) is 11.1 Å². The highest BCUT2D eigenvalue weighted by Crippen LogP contribution is 2.39. The van der Waals surface area contributed by atoms with Crippen LogP contribution in [0.2, 0.25) is 5.02 Å². The van der Waals surface area contributed by atoms with Crippen molar-refractivity contribution < 1.29 is 28.8 Å². The Balaban J connectivity index is 1.25. The fourth-order valence-electron chi connectivity index (χ4n) is 5.80. The quantitative estimate of drug-likeness (QED) is 0.177. The highest BCUT2D eigenvalue weighted by atomic mass is 79.9. The normalized spacial score (nSPS) is 16.0. The number of nitrogens with zero attached hydrogens (tertiary/aromatic N) is 2. The van der Waals surface area contributed by atoms with Gasteiger partial charge in [0.1, 0.15) is 44.0 Å². The summed E-state index contributed by atoms with van der Waals surface area (Å²) in [6, 6.07) is 24.3. The van der Waals surface area contributed by atoms with Gasteiger partial charge in [-0.05, 0) is 82.3 Å². The maximum Gasteiger partial charge on any atom is 0.320 e. The van der Waals surface area contributed by atoms with Gasteiger partial charge in [0.25, 0.3) is 0 Å². The van der Waals surface area contributed by atoms with Gasteiger partial charge in [0.15, 0.2) is 11.5 Å². The summed E-state index contributed by atoms with van der Waals surface area (Å²) < 4.78 is 24.9. The average molecular weight is 704 g/mol. The number of ether oxygens (including phenoxy) is 4. The molecule has 0 bridgehead atoms. The lowest BCUT2D eigenvalue weighted by molar-refractivity contribution is -0.144. The van der Waals surface area contributed by atoms with Crippen molar-refractivity contribution in [2.75, 3.05) is 19.8 Å². The molecular weight excluding hydrogens is 672 g/mol. The Morgan fingerprint density at radius 3 is 2.59 bits per heavy atom. The van der Waals surface area contributed by atoms with Gasteiger partial charge in [-0.2, -0.15) is 5.26 Å². The van der Waals surface area contributed by atoms with Crippen molar-refractivity contribution in [1.29, 1.82) is 5.26 Å². The first-order chi connectivity index (χ1) is 22.4. The molecule has 1 N–H and O–H groups in total. The van der Waals surface area contributed by atoms with Gasteiger partial charge in [-0.15, -0.1) is 0 Å². The summed E-state index contributed by atoms with van der Waals surface area (Å²) in [6.07, 6.45) is 2.41. The largest absolute Gasteiger partial charge is 0.488 e. The van der Waals surface area contributed by atoms with Crippen molar-refractivity contribution in [1.82, 2.24) is 4.90 Å². The lowest BCUT2D eigenvalue weighted by Crippen LogP contribution is -2.44. The molecule has 46 heavy (non-hydrogen) atoms. The standard InChI is InChI=1S/C36H32BrClN2O6/c37-35-26(7-4-8-28(35)25-10-11-31-34(17-25)44-14-13-43-31)22-46-33-18-32(45-21-24-6-3-5-23(15-24)19-39)27(16-29(33)38)20-40-12-2-1-9-30(40)36(41)42/h3-8,10-11,15-18,30H,1-2,9,12-14,20-22H2,(H,41,42). The molecule has 2 heterocycles. The molecule has 0 aliphatic carbocycles. The van der Waals surface area contributed by atoms with E-state index in [1.165, 1.54) is 0 Å². The number of carbonyl (C=O) groups is 1. The third-order valence-electron chi connectivity index (χ3n) is 8.15. The fourth-order valence-corrected chi connectivity index (χ4v) is 6.64. The molecule has 1 fully saturated rings. The minimum absolute atomic E-state index is 0.217. The Labute approximate surface area is 281 Å². The van der Waals surface area contributed by atoms with Crippen LogP contribution in [0.3, 0.4) is 0 Å². The van der Waals surface area contributed by atoms with Gasteiger partial charge in [-0.25, -0.2) is 0 Å². The van der Waals surface area contributed by atoms with Crippen LogP contribution in [0.15, 0.2) is 77.3 Å². The number of piperidine rings is 1. The van der Waals surface area contributed by atoms with E-state index in [-0.39, 0.29) is 13.2 Å². The number of hydrogen-bond donors (Lipinski definition) is 1. The van der Waals surface area contributed by atoms with Gasteiger partial charge in [-0.1, -0.05) is 54.4 Å². The summed E-state index contributed by atoms with van der Waals surface area (Å²) >= 11 is 10.6. The minimum Gasteiger partial charge on any atom is -0.488 e. The van der Waals surface area contributed by atoms with Gasteiger partial charge in [0.2, 0.25) is 0 Å². The van der Waals surface area contributed by atoms with Crippen LogP contribution < -0.4 is 18.9 Å². The molecule has 2 aliphatic rings. The number of halogens is 2. The molecule has 0 radical (unpaired) electrons. The van der Waals surface area contributed by atoms with Crippen LogP contribution in [0, 0.1) is 11.3 Å². The van der Waals surface area contributed by atoms with Crippen LogP contribution in [-0.4, -0.2) is 41.8 Å². The molecule has 4 aromatic carbocycles. The minimum atomic E-state index is -0.828. The second kappa shape index (κ2) is 14.5. The third kappa shape index (κ3) is 7.26. The molecule has 1 saturated heterocycles. The first kappa shape index (κ1) is 31.7. The zero-order chi connectivity index (χ0) is 32.0. The number of aliphatic carboxylic acids is 1. The number of hydrogen-bond acceptors (Lipinski definition) is 7. The fraction of sp³-hybridized carbons (Fsp3) is 0.278. The summed E-state index contributed by atoms with van der Waals surface area (Å²) in [7, 11) is 0. The van der Waals surface area contributed by atoms with Crippen LogP contribution in [0.4, 0.5) is 0 Å². The maximum absolute atomic E-state index is 12.0. The molecule has 0 amide bonds. The molecule has 6 rings (SSSR count). The first-order valence-electron chi connectivity index (χ1n) is 15.1. The van der Waals surface area contributed by atoms with Gasteiger partial charge in [0, 0.05) is 28.2 Å². The zero-order valence-electron chi connectivity index (χ0n) is 25.0. The maximum atomic E-state index is 12.0. The van der Waals surface area contributed by atoms with Crippen molar-refractivity contribution >= 4 is 33.5 Å². The van der Waals surface area contributed by atoms with Crippen LogP contribution >= 0.6 is 27.5 Å². The second-order valence-corrected chi connectivity index (χ2v) is 12.4. The number of likely N-dealkylation sites (tertiary alicyclic amines) is 1. The number of nitriles is 1. The smallest absolute Gasteiger partial charge is 0.320 e. The molecule has 0 saturated carbocycles. The molecular formula is C36H32BrClN2O6. The Bertz CT molecular complexity index is 1790. The number of carboxylic acid groups (broad SMARTS) is 1. The summed E-state index contributed by atoms with van der Waals surface area (Å²) in [4.78, 5) is 14.0. The van der Waals surface area contributed by atoms with E-state index in [0.29, 0.717) is 54.8 Å². The van der Waals surface area contributed by atoms with Crippen molar-refractivity contribution in [3.8, 4) is 40.2 Å². The van der Waals surface area contributed by atoms with E-state index in [0.717, 1.165) is 56.6 Å². The molecule has 4 aromatic rings. The lowest BCUT2D eigenvalue weighted by atomic mass is 10.0. The summed E-state index contributed by atoms with van der Waals surface area (Å²) in [5, 5.41) is 19.6. The number of fused-ring (bicyclic) bond motifs is 1. The summed E-state index contributed by atoms with van der Waals surface area (Å²) in [5.74, 6) is 1.61. The van der Waals surface area contributed by atoms with Crippen LogP contribution in [-0.2, 0) is 24.6 Å². The summed E-state index contributed by atoms with van der Waals surface area (Å²) in [5.41, 5.74) is 5.03. The highest BCUT2D eigenvalue weighted by molar-refractivity contribution is 9.10. The highest BCUT2D eigenvalue weighted by Gasteiger charge is 2.29.